The molecule has 2 aliphatic rings. The average Bonchev–Trinajstić information content (AvgIpc) is 3.25. The van der Waals surface area contributed by atoms with Gasteiger partial charge in [-0.05, 0) is 56.7 Å². The van der Waals surface area contributed by atoms with Gasteiger partial charge in [0.25, 0.3) is 0 Å². The van der Waals surface area contributed by atoms with Crippen LogP contribution in [0, 0.1) is 5.41 Å². The van der Waals surface area contributed by atoms with Gasteiger partial charge in [0.05, 0.1) is 5.41 Å². The largest absolute Gasteiger partial charge is 0.353 e. The van der Waals surface area contributed by atoms with Gasteiger partial charge >= 0.3 is 0 Å². The summed E-state index contributed by atoms with van der Waals surface area (Å²) >= 11 is 0. The molecule has 2 fully saturated rings. The van der Waals surface area contributed by atoms with Crippen LogP contribution in [0.2, 0.25) is 0 Å². The number of carbonyl (C=O) groups is 3. The Morgan fingerprint density at radius 2 is 2.06 bits per heavy atom. The molecule has 0 bridgehead atoms. The zero-order valence-corrected chi connectivity index (χ0v) is 19.3. The summed E-state index contributed by atoms with van der Waals surface area (Å²) < 4.78 is 0. The van der Waals surface area contributed by atoms with Gasteiger partial charge in [0.2, 0.25) is 17.7 Å². The quantitative estimate of drug-likeness (QED) is 0.711. The molecular formula is C26H32N4O3. The van der Waals surface area contributed by atoms with Crippen LogP contribution in [-0.4, -0.2) is 52.8 Å². The SMILES string of the molecule is CC(C)NC(=O)[C@]1(Cc2ccccc2-c2cccnc2)CCCN(C(=O)[C@H]2CCC(=O)N2)C1. The summed E-state index contributed by atoms with van der Waals surface area (Å²) in [5.41, 5.74) is 2.38. The lowest BCUT2D eigenvalue weighted by molar-refractivity contribution is -0.143. The molecule has 2 N–H and O–H groups in total. The summed E-state index contributed by atoms with van der Waals surface area (Å²) in [6.07, 6.45) is 6.44. The van der Waals surface area contributed by atoms with E-state index in [4.69, 9.17) is 0 Å². The third-order valence-electron chi connectivity index (χ3n) is 6.60. The van der Waals surface area contributed by atoms with Crippen LogP contribution in [0.5, 0.6) is 0 Å². The Labute approximate surface area is 195 Å². The van der Waals surface area contributed by atoms with E-state index in [9.17, 15) is 14.4 Å². The first-order valence-corrected chi connectivity index (χ1v) is 11.8. The van der Waals surface area contributed by atoms with E-state index in [2.05, 4.69) is 27.8 Å². The van der Waals surface area contributed by atoms with Gasteiger partial charge in [-0.1, -0.05) is 30.3 Å². The molecule has 174 valence electrons. The molecule has 1 aromatic carbocycles. The minimum Gasteiger partial charge on any atom is -0.353 e. The summed E-state index contributed by atoms with van der Waals surface area (Å²) in [5, 5.41) is 5.89. The van der Waals surface area contributed by atoms with E-state index in [1.807, 2.05) is 44.3 Å². The number of rotatable bonds is 6. The first kappa shape index (κ1) is 23.0. The molecule has 0 radical (unpaired) electrons. The van der Waals surface area contributed by atoms with Crippen molar-refractivity contribution < 1.29 is 14.4 Å². The smallest absolute Gasteiger partial charge is 0.245 e. The summed E-state index contributed by atoms with van der Waals surface area (Å²) in [7, 11) is 0. The lowest BCUT2D eigenvalue weighted by Gasteiger charge is -2.43. The molecule has 0 unspecified atom stereocenters. The van der Waals surface area contributed by atoms with Crippen LogP contribution in [0.25, 0.3) is 11.1 Å². The fourth-order valence-electron chi connectivity index (χ4n) is 5.01. The normalized spacial score (nSPS) is 22.8. The number of aromatic nitrogens is 1. The number of nitrogens with one attached hydrogen (secondary N) is 2. The third-order valence-corrected chi connectivity index (χ3v) is 6.60. The maximum absolute atomic E-state index is 13.6. The number of carbonyl (C=O) groups excluding carboxylic acids is 3. The minimum absolute atomic E-state index is 0.00291. The van der Waals surface area contributed by atoms with Gasteiger partial charge in [-0.15, -0.1) is 0 Å². The Bertz CT molecular complexity index is 1020. The molecule has 2 saturated heterocycles. The highest BCUT2D eigenvalue weighted by Gasteiger charge is 2.45. The van der Waals surface area contributed by atoms with E-state index in [-0.39, 0.29) is 23.8 Å². The van der Waals surface area contributed by atoms with E-state index in [1.54, 1.807) is 11.1 Å². The van der Waals surface area contributed by atoms with Gasteiger partial charge < -0.3 is 15.5 Å². The molecule has 1 aromatic heterocycles. The van der Waals surface area contributed by atoms with Crippen molar-refractivity contribution >= 4 is 17.7 Å². The van der Waals surface area contributed by atoms with Crippen LogP contribution in [-0.2, 0) is 20.8 Å². The Balaban J connectivity index is 1.65. The Morgan fingerprint density at radius 3 is 2.76 bits per heavy atom. The topological polar surface area (TPSA) is 91.4 Å². The number of benzene rings is 1. The highest BCUT2D eigenvalue weighted by molar-refractivity contribution is 5.92. The Hall–Kier alpha value is -3.22. The van der Waals surface area contributed by atoms with E-state index in [1.165, 1.54) is 0 Å². The maximum atomic E-state index is 13.6. The number of nitrogens with zero attached hydrogens (tertiary/aromatic N) is 2. The van der Waals surface area contributed by atoms with Crippen molar-refractivity contribution in [3.05, 3.63) is 54.4 Å². The first-order chi connectivity index (χ1) is 15.9. The van der Waals surface area contributed by atoms with E-state index in [0.717, 1.165) is 23.1 Å². The zero-order valence-electron chi connectivity index (χ0n) is 19.3. The highest BCUT2D eigenvalue weighted by atomic mass is 16.2. The number of amides is 3. The lowest BCUT2D eigenvalue weighted by Crippen LogP contribution is -2.57. The lowest BCUT2D eigenvalue weighted by atomic mass is 9.73. The van der Waals surface area contributed by atoms with Crippen molar-refractivity contribution in [2.75, 3.05) is 13.1 Å². The first-order valence-electron chi connectivity index (χ1n) is 11.8. The van der Waals surface area contributed by atoms with Gasteiger partial charge in [0.1, 0.15) is 6.04 Å². The summed E-state index contributed by atoms with van der Waals surface area (Å²) in [6, 6.07) is 11.5. The van der Waals surface area contributed by atoms with Crippen molar-refractivity contribution in [2.45, 2.75) is 58.0 Å². The number of hydrogen-bond donors (Lipinski definition) is 2. The number of likely N-dealkylation sites (tertiary alicyclic amines) is 1. The summed E-state index contributed by atoms with van der Waals surface area (Å²) in [5.74, 6) is -0.186. The van der Waals surface area contributed by atoms with E-state index in [0.29, 0.717) is 38.8 Å². The summed E-state index contributed by atoms with van der Waals surface area (Å²) in [6.45, 7) is 4.86. The van der Waals surface area contributed by atoms with Crippen LogP contribution in [0.15, 0.2) is 48.8 Å². The molecule has 3 amide bonds. The van der Waals surface area contributed by atoms with Crippen LogP contribution < -0.4 is 10.6 Å². The van der Waals surface area contributed by atoms with Gasteiger partial charge in [0.15, 0.2) is 0 Å². The number of piperidine rings is 1. The zero-order chi connectivity index (χ0) is 23.4. The van der Waals surface area contributed by atoms with Crippen molar-refractivity contribution in [1.82, 2.24) is 20.5 Å². The third kappa shape index (κ3) is 5.07. The molecule has 3 heterocycles. The second-order valence-electron chi connectivity index (χ2n) is 9.51. The maximum Gasteiger partial charge on any atom is 0.245 e. The highest BCUT2D eigenvalue weighted by Crippen LogP contribution is 2.37. The molecule has 4 rings (SSSR count). The second-order valence-corrected chi connectivity index (χ2v) is 9.51. The van der Waals surface area contributed by atoms with Crippen LogP contribution in [0.3, 0.4) is 0 Å². The molecule has 2 atom stereocenters. The van der Waals surface area contributed by atoms with Crippen molar-refractivity contribution in [2.24, 2.45) is 5.41 Å². The standard InChI is InChI=1S/C26H32N4O3/c1-18(2)28-25(33)26(12-6-14-30(17-26)24(32)22-10-11-23(31)29-22)15-19-7-3-4-9-21(19)20-8-5-13-27-16-20/h3-5,7-9,13,16,18,22H,6,10-12,14-15,17H2,1-2H3,(H,28,33)(H,29,31)/t22-,26+/m1/s1. The van der Waals surface area contributed by atoms with Crippen LogP contribution in [0.1, 0.15) is 45.1 Å². The van der Waals surface area contributed by atoms with Gasteiger partial charge in [-0.3, -0.25) is 19.4 Å². The molecule has 2 aliphatic heterocycles. The molecule has 2 aromatic rings. The van der Waals surface area contributed by atoms with Gasteiger partial charge in [-0.25, -0.2) is 0 Å². The molecule has 33 heavy (non-hydrogen) atoms. The molecular weight excluding hydrogens is 416 g/mol. The molecule has 7 heteroatoms. The van der Waals surface area contributed by atoms with E-state index >= 15 is 0 Å². The Morgan fingerprint density at radius 1 is 1.24 bits per heavy atom. The van der Waals surface area contributed by atoms with Gasteiger partial charge in [0, 0.05) is 43.5 Å². The monoisotopic (exact) mass is 448 g/mol. The van der Waals surface area contributed by atoms with Crippen molar-refractivity contribution in [3.8, 4) is 11.1 Å². The minimum atomic E-state index is -0.737. The molecule has 0 spiro atoms. The average molecular weight is 449 g/mol. The second kappa shape index (κ2) is 9.73. The number of pyridine rings is 1. The van der Waals surface area contributed by atoms with Crippen molar-refractivity contribution in [3.63, 3.8) is 0 Å². The van der Waals surface area contributed by atoms with Crippen molar-refractivity contribution in [1.29, 1.82) is 0 Å². The molecule has 0 aliphatic carbocycles. The van der Waals surface area contributed by atoms with Gasteiger partial charge in [-0.2, -0.15) is 0 Å². The molecule has 0 saturated carbocycles. The summed E-state index contributed by atoms with van der Waals surface area (Å²) in [4.78, 5) is 44.5. The predicted octanol–water partition coefficient (Wildman–Crippen LogP) is 2.70. The number of hydrogen-bond acceptors (Lipinski definition) is 4. The van der Waals surface area contributed by atoms with Crippen LogP contribution in [0.4, 0.5) is 0 Å². The Kier molecular flexibility index (Phi) is 6.77. The van der Waals surface area contributed by atoms with Crippen LogP contribution >= 0.6 is 0 Å². The van der Waals surface area contributed by atoms with E-state index < -0.39 is 11.5 Å². The predicted molar refractivity (Wildman–Crippen MR) is 126 cm³/mol. The fraction of sp³-hybridized carbons (Fsp3) is 0.462. The fourth-order valence-corrected chi connectivity index (χ4v) is 5.01. The molecule has 7 nitrogen and oxygen atoms in total.